The molecule has 16 nitrogen and oxygen atoms in total. The van der Waals surface area contributed by atoms with Crippen molar-refractivity contribution in [1.29, 1.82) is 10.5 Å². The Labute approximate surface area is 654 Å². The minimum atomic E-state index is -0.533. The van der Waals surface area contributed by atoms with Gasteiger partial charge in [-0.3, -0.25) is 0 Å². The number of nitrogens with zero attached hydrogens (tertiary/aromatic N) is 8. The molecule has 17 aromatic rings. The Morgan fingerprint density at radius 3 is 1.08 bits per heavy atom. The molecule has 0 fully saturated rings. The van der Waals surface area contributed by atoms with Gasteiger partial charge in [-0.25, -0.2) is 39.0 Å². The highest BCUT2D eigenvalue weighted by molar-refractivity contribution is 6.15. The molecule has 0 radical (unpaired) electrons. The number of carbonyl (C=O) groups excluding carboxylic acids is 4. The van der Waals surface area contributed by atoms with Gasteiger partial charge in [0, 0.05) is 49.6 Å². The molecule has 0 unspecified atom stereocenters. The Hall–Kier alpha value is -16.0. The van der Waals surface area contributed by atoms with Gasteiger partial charge in [-0.1, -0.05) is 194 Å². The Morgan fingerprint density at radius 2 is 0.684 bits per heavy atom. The van der Waals surface area contributed by atoms with Crippen LogP contribution in [0.25, 0.3) is 127 Å². The minimum absolute atomic E-state index is 0.0577. The summed E-state index contributed by atoms with van der Waals surface area (Å²) in [5, 5.41) is 23.4. The van der Waals surface area contributed by atoms with Crippen LogP contribution in [0.5, 0.6) is 0 Å². The summed E-state index contributed by atoms with van der Waals surface area (Å²) >= 11 is 0. The van der Waals surface area contributed by atoms with Crippen LogP contribution in [0, 0.1) is 29.2 Å². The Bertz CT molecular complexity index is 6220. The van der Waals surface area contributed by atoms with E-state index in [2.05, 4.69) is 26.1 Å². The lowest BCUT2D eigenvalue weighted by Crippen LogP contribution is -2.05. The highest BCUT2D eigenvalue weighted by atomic mass is 16.5. The number of hydrogen-bond donors (Lipinski definition) is 0. The zero-order valence-corrected chi connectivity index (χ0v) is 60.8. The van der Waals surface area contributed by atoms with E-state index in [-0.39, 0.29) is 43.9 Å². The van der Waals surface area contributed by atoms with Crippen molar-refractivity contribution in [1.82, 2.24) is 24.1 Å². The van der Waals surface area contributed by atoms with Gasteiger partial charge in [-0.2, -0.15) is 10.5 Å². The van der Waals surface area contributed by atoms with Crippen LogP contribution in [0.4, 0.5) is 5.69 Å². The van der Waals surface area contributed by atoms with E-state index in [1.807, 2.05) is 261 Å². The SMILES string of the molecule is [C-]#[N+]c1cccc(-c2cc(-n3c4ccc(C(=O)OCc5ccccc5)cc4c4cc(C(=O)OCc5ccccc5)ccc43)ccc2-c2nc(-c3ccc(-c4ccccc4C#N)cc3)nc(-c3ccc(-n4c5ccc(C(=O)OCc6ccccc6)cc5c5cc(C(=O)OCc6ccccc6)ccc54)cc3-c3cccc(C#N)c3)n2)c1. The number of nitriles is 2. The molecule has 542 valence electrons. The van der Waals surface area contributed by atoms with Gasteiger partial charge in [0.25, 0.3) is 0 Å². The molecule has 3 heterocycles. The van der Waals surface area contributed by atoms with Crippen molar-refractivity contribution in [2.45, 2.75) is 26.4 Å². The molecule has 0 amide bonds. The van der Waals surface area contributed by atoms with Gasteiger partial charge in [-0.15, -0.1) is 0 Å². The van der Waals surface area contributed by atoms with Gasteiger partial charge in [0.2, 0.25) is 0 Å². The predicted octanol–water partition coefficient (Wildman–Crippen LogP) is 21.8. The lowest BCUT2D eigenvalue weighted by molar-refractivity contribution is 0.0464. The van der Waals surface area contributed by atoms with Crippen LogP contribution in [0.1, 0.15) is 74.8 Å². The summed E-state index contributed by atoms with van der Waals surface area (Å²) in [5.41, 5.74) is 15.8. The van der Waals surface area contributed by atoms with Crippen LogP contribution in [0.3, 0.4) is 0 Å². The number of hydrogen-bond acceptors (Lipinski definition) is 13. The molecule has 17 rings (SSSR count). The van der Waals surface area contributed by atoms with Gasteiger partial charge in [0.1, 0.15) is 26.4 Å². The van der Waals surface area contributed by atoms with E-state index >= 15 is 0 Å². The Kier molecular flexibility index (Phi) is 19.5. The number of ether oxygens (including phenoxy) is 4. The average molecular weight is 1480 g/mol. The molecule has 14 aromatic carbocycles. The molecular weight excluding hydrogens is 1420 g/mol. The quantitative estimate of drug-likeness (QED) is 0.0396. The number of benzene rings is 14. The molecule has 0 aliphatic carbocycles. The van der Waals surface area contributed by atoms with Crippen LogP contribution in [0.2, 0.25) is 0 Å². The second kappa shape index (κ2) is 31.3. The largest absolute Gasteiger partial charge is 0.457 e. The average Bonchev–Trinajstić information content (AvgIpc) is 1.57. The number of carbonyl (C=O) groups is 4. The summed E-state index contributed by atoms with van der Waals surface area (Å²) in [4.78, 5) is 76.3. The van der Waals surface area contributed by atoms with E-state index in [1.165, 1.54) is 0 Å². The molecule has 114 heavy (non-hydrogen) atoms. The maximum atomic E-state index is 14.0. The summed E-state index contributed by atoms with van der Waals surface area (Å²) in [7, 11) is 0. The van der Waals surface area contributed by atoms with Crippen LogP contribution < -0.4 is 0 Å². The number of esters is 4. The summed E-state index contributed by atoms with van der Waals surface area (Å²) in [6.07, 6.45) is 0. The topological polar surface area (TPSA) is 206 Å². The zero-order valence-electron chi connectivity index (χ0n) is 60.8. The van der Waals surface area contributed by atoms with Gasteiger partial charge in [0.05, 0.1) is 74.2 Å². The molecule has 0 aliphatic heterocycles. The van der Waals surface area contributed by atoms with Crippen LogP contribution >= 0.6 is 0 Å². The summed E-state index contributed by atoms with van der Waals surface area (Å²) in [5.74, 6) is -1.34. The lowest BCUT2D eigenvalue weighted by Gasteiger charge is -2.17. The molecule has 0 aliphatic rings. The fraction of sp³-hybridized carbons (Fsp3) is 0.0408. The van der Waals surface area contributed by atoms with Gasteiger partial charge in [0.15, 0.2) is 23.2 Å². The van der Waals surface area contributed by atoms with Crippen LogP contribution in [0.15, 0.2) is 328 Å². The molecule has 0 saturated carbocycles. The standard InChI is InChI=1S/C98H62N8O8/c1-101-76-30-17-29-70(49-76)83-55-78(106-90-46-38-73(97(109)113-60-64-22-10-4-11-23-64)52-86(90)87-53-74(39-47-91(87)106)98(110)114-61-65-24-12-5-13-25-65)41-43-81(83)94-103-92(68-34-32-67(33-35-68)79-31-15-14-27-75(79)57-100)102-93(104-94)80-42-40-77(54-82(80)69-28-16-26-66(48-69)56-99)105-88-44-36-71(95(107)111-58-62-18-6-2-7-19-62)50-84(88)85-51-72(37-45-89(85)105)96(108)112-59-63-20-8-3-9-21-63/h2-55H,58-61H2. The van der Waals surface area contributed by atoms with E-state index in [1.54, 1.807) is 66.7 Å². The summed E-state index contributed by atoms with van der Waals surface area (Å²) in [6.45, 7) is 8.50. The first-order valence-corrected chi connectivity index (χ1v) is 36.6. The van der Waals surface area contributed by atoms with Gasteiger partial charge < -0.3 is 28.1 Å². The second-order valence-corrected chi connectivity index (χ2v) is 27.2. The van der Waals surface area contributed by atoms with E-state index < -0.39 is 23.9 Å². The smallest absolute Gasteiger partial charge is 0.338 e. The van der Waals surface area contributed by atoms with Crippen molar-refractivity contribution in [2.75, 3.05) is 0 Å². The van der Waals surface area contributed by atoms with E-state index in [9.17, 15) is 29.7 Å². The highest BCUT2D eigenvalue weighted by Gasteiger charge is 2.26. The van der Waals surface area contributed by atoms with Crippen molar-refractivity contribution in [3.63, 3.8) is 0 Å². The fourth-order valence-electron chi connectivity index (χ4n) is 14.4. The number of fused-ring (bicyclic) bond motifs is 6. The van der Waals surface area contributed by atoms with Crippen LogP contribution in [-0.4, -0.2) is 48.0 Å². The molecule has 0 atom stereocenters. The molecule has 0 bridgehead atoms. The van der Waals surface area contributed by atoms with E-state index in [0.29, 0.717) is 133 Å². The van der Waals surface area contributed by atoms with Gasteiger partial charge >= 0.3 is 23.9 Å². The second-order valence-electron chi connectivity index (χ2n) is 27.2. The third-order valence-electron chi connectivity index (χ3n) is 20.1. The van der Waals surface area contributed by atoms with E-state index in [4.69, 9.17) is 40.5 Å². The molecule has 16 heteroatoms. The first-order chi connectivity index (χ1) is 56.0. The summed E-state index contributed by atoms with van der Waals surface area (Å²) in [6, 6.07) is 105. The summed E-state index contributed by atoms with van der Waals surface area (Å²) < 4.78 is 27.6. The normalized spacial score (nSPS) is 11.1. The molecule has 0 spiro atoms. The third-order valence-corrected chi connectivity index (χ3v) is 20.1. The first kappa shape index (κ1) is 71.0. The minimum Gasteiger partial charge on any atom is -0.457 e. The Balaban J connectivity index is 0.842. The monoisotopic (exact) mass is 1480 g/mol. The maximum absolute atomic E-state index is 14.0. The molecule has 0 saturated heterocycles. The lowest BCUT2D eigenvalue weighted by atomic mass is 9.96. The van der Waals surface area contributed by atoms with Crippen molar-refractivity contribution in [2.24, 2.45) is 0 Å². The fourth-order valence-corrected chi connectivity index (χ4v) is 14.4. The predicted molar refractivity (Wildman–Crippen MR) is 439 cm³/mol. The zero-order chi connectivity index (χ0) is 77.6. The first-order valence-electron chi connectivity index (χ1n) is 36.6. The highest BCUT2D eigenvalue weighted by Crippen LogP contribution is 2.43. The van der Waals surface area contributed by atoms with Crippen molar-refractivity contribution >= 4 is 73.2 Å². The van der Waals surface area contributed by atoms with Crippen molar-refractivity contribution < 1.29 is 38.1 Å². The molecule has 0 N–H and O–H groups in total. The van der Waals surface area contributed by atoms with Crippen molar-refractivity contribution in [3.8, 4) is 91.1 Å². The third kappa shape index (κ3) is 14.4. The molecule has 3 aromatic heterocycles. The number of rotatable bonds is 20. The number of aromatic nitrogens is 5. The molecular formula is C98H62N8O8. The van der Waals surface area contributed by atoms with Crippen molar-refractivity contribution in [3.05, 3.63) is 395 Å². The van der Waals surface area contributed by atoms with Gasteiger partial charge in [-0.05, 0) is 189 Å². The Morgan fingerprint density at radius 1 is 0.316 bits per heavy atom. The maximum Gasteiger partial charge on any atom is 0.338 e. The van der Waals surface area contributed by atoms with E-state index in [0.717, 1.165) is 33.4 Å². The van der Waals surface area contributed by atoms with Crippen LogP contribution in [-0.2, 0) is 45.4 Å².